The summed E-state index contributed by atoms with van der Waals surface area (Å²) < 4.78 is 6.40. The molecule has 0 unspecified atom stereocenters. The Morgan fingerprint density at radius 1 is 1.77 bits per heavy atom. The van der Waals surface area contributed by atoms with Gasteiger partial charge in [0.05, 0.1) is 25.3 Å². The van der Waals surface area contributed by atoms with Crippen LogP contribution < -0.4 is 0 Å². The first kappa shape index (κ1) is 9.51. The van der Waals surface area contributed by atoms with Gasteiger partial charge in [-0.2, -0.15) is 0 Å². The van der Waals surface area contributed by atoms with Crippen LogP contribution in [0.15, 0.2) is 18.6 Å². The fourth-order valence-electron chi connectivity index (χ4n) is 0.955. The first-order chi connectivity index (χ1) is 6.27. The molecule has 1 aromatic rings. The zero-order chi connectivity index (χ0) is 9.68. The maximum atomic E-state index is 10.8. The van der Waals surface area contributed by atoms with E-state index in [2.05, 4.69) is 9.72 Å². The second kappa shape index (κ2) is 4.45. The summed E-state index contributed by atoms with van der Waals surface area (Å²) in [5.41, 5.74) is 0.896. The lowest BCUT2D eigenvalue weighted by atomic mass is 10.4. The van der Waals surface area contributed by atoms with Gasteiger partial charge in [0.2, 0.25) is 0 Å². The molecule has 13 heavy (non-hydrogen) atoms. The van der Waals surface area contributed by atoms with Crippen molar-refractivity contribution in [3.63, 3.8) is 0 Å². The van der Waals surface area contributed by atoms with Crippen LogP contribution in [0, 0.1) is 0 Å². The molecular weight excluding hydrogens is 168 g/mol. The minimum absolute atomic E-state index is 0.358. The van der Waals surface area contributed by atoms with E-state index in [1.807, 2.05) is 11.5 Å². The second-order valence-electron chi connectivity index (χ2n) is 2.46. The van der Waals surface area contributed by atoms with E-state index in [0.29, 0.717) is 0 Å². The Morgan fingerprint density at radius 2 is 2.54 bits per heavy atom. The standard InChI is InChI=1S/C9H12N2O2/c1-3-11-7-10-6-8(11)4-5-9(12)13-2/h4-7H,3H2,1-2H3/b5-4+. The lowest BCUT2D eigenvalue weighted by Gasteiger charge is -1.98. The Bertz CT molecular complexity index is 315. The number of hydrogen-bond donors (Lipinski definition) is 0. The molecule has 70 valence electrons. The molecule has 4 nitrogen and oxygen atoms in total. The van der Waals surface area contributed by atoms with Crippen molar-refractivity contribution in [2.45, 2.75) is 13.5 Å². The molecule has 0 saturated carbocycles. The number of hydrogen-bond acceptors (Lipinski definition) is 3. The molecule has 0 N–H and O–H groups in total. The molecule has 0 saturated heterocycles. The van der Waals surface area contributed by atoms with Crippen molar-refractivity contribution < 1.29 is 9.53 Å². The van der Waals surface area contributed by atoms with Gasteiger partial charge in [-0.1, -0.05) is 0 Å². The number of ether oxygens (including phenoxy) is 1. The van der Waals surface area contributed by atoms with Gasteiger partial charge in [-0.15, -0.1) is 0 Å². The average Bonchev–Trinajstić information content (AvgIpc) is 2.61. The summed E-state index contributed by atoms with van der Waals surface area (Å²) >= 11 is 0. The van der Waals surface area contributed by atoms with Gasteiger partial charge in [-0.05, 0) is 13.0 Å². The molecule has 0 aliphatic rings. The van der Waals surface area contributed by atoms with Crippen molar-refractivity contribution in [3.8, 4) is 0 Å². The predicted molar refractivity (Wildman–Crippen MR) is 49.0 cm³/mol. The fraction of sp³-hybridized carbons (Fsp3) is 0.333. The molecule has 4 heteroatoms. The van der Waals surface area contributed by atoms with Crippen LogP contribution in [0.4, 0.5) is 0 Å². The van der Waals surface area contributed by atoms with Crippen LogP contribution in [0.3, 0.4) is 0 Å². The Hall–Kier alpha value is -1.58. The van der Waals surface area contributed by atoms with Gasteiger partial charge in [0.1, 0.15) is 0 Å². The summed E-state index contributed by atoms with van der Waals surface area (Å²) in [6.45, 7) is 2.85. The summed E-state index contributed by atoms with van der Waals surface area (Å²) in [7, 11) is 1.35. The predicted octanol–water partition coefficient (Wildman–Crippen LogP) is 1.09. The van der Waals surface area contributed by atoms with Crippen molar-refractivity contribution in [1.29, 1.82) is 0 Å². The van der Waals surface area contributed by atoms with Gasteiger partial charge in [0.15, 0.2) is 0 Å². The highest BCUT2D eigenvalue weighted by atomic mass is 16.5. The third-order valence-corrected chi connectivity index (χ3v) is 1.68. The summed E-state index contributed by atoms with van der Waals surface area (Å²) in [4.78, 5) is 14.7. The minimum atomic E-state index is -0.358. The van der Waals surface area contributed by atoms with Gasteiger partial charge in [0.25, 0.3) is 0 Å². The van der Waals surface area contributed by atoms with E-state index in [1.165, 1.54) is 13.2 Å². The number of methoxy groups -OCH3 is 1. The molecule has 0 bridgehead atoms. The first-order valence-electron chi connectivity index (χ1n) is 4.04. The molecule has 0 aromatic carbocycles. The Kier molecular flexibility index (Phi) is 3.25. The number of carbonyl (C=O) groups is 1. The number of carbonyl (C=O) groups excluding carboxylic acids is 1. The summed E-state index contributed by atoms with van der Waals surface area (Å²) in [6, 6.07) is 0. The third-order valence-electron chi connectivity index (χ3n) is 1.68. The number of rotatable bonds is 3. The van der Waals surface area contributed by atoms with Crippen molar-refractivity contribution in [3.05, 3.63) is 24.3 Å². The van der Waals surface area contributed by atoms with E-state index in [0.717, 1.165) is 12.2 Å². The summed E-state index contributed by atoms with van der Waals surface area (Å²) in [5, 5.41) is 0. The van der Waals surface area contributed by atoms with E-state index < -0.39 is 0 Å². The smallest absolute Gasteiger partial charge is 0.330 e. The quantitative estimate of drug-likeness (QED) is 0.516. The number of nitrogens with zero attached hydrogens (tertiary/aromatic N) is 2. The molecule has 1 rings (SSSR count). The largest absolute Gasteiger partial charge is 0.466 e. The van der Waals surface area contributed by atoms with Crippen LogP contribution >= 0.6 is 0 Å². The Morgan fingerprint density at radius 3 is 3.15 bits per heavy atom. The Labute approximate surface area is 76.8 Å². The number of aryl methyl sites for hydroxylation is 1. The number of esters is 1. The third kappa shape index (κ3) is 2.43. The fourth-order valence-corrected chi connectivity index (χ4v) is 0.955. The summed E-state index contributed by atoms with van der Waals surface area (Å²) in [6.07, 6.45) is 6.48. The highest BCUT2D eigenvalue weighted by Gasteiger charge is 1.96. The average molecular weight is 180 g/mol. The lowest BCUT2D eigenvalue weighted by Crippen LogP contribution is -1.96. The SMILES string of the molecule is CCn1cncc1/C=C/C(=O)OC. The van der Waals surface area contributed by atoms with Crippen LogP contribution in [0.5, 0.6) is 0 Å². The molecule has 0 spiro atoms. The van der Waals surface area contributed by atoms with Crippen LogP contribution in [0.25, 0.3) is 6.08 Å². The van der Waals surface area contributed by atoms with Crippen LogP contribution in [0.2, 0.25) is 0 Å². The van der Waals surface area contributed by atoms with Crippen LogP contribution in [-0.4, -0.2) is 22.6 Å². The van der Waals surface area contributed by atoms with Crippen molar-refractivity contribution >= 4 is 12.0 Å². The van der Waals surface area contributed by atoms with Crippen molar-refractivity contribution in [2.24, 2.45) is 0 Å². The molecule has 0 aliphatic carbocycles. The van der Waals surface area contributed by atoms with Gasteiger partial charge in [-0.25, -0.2) is 9.78 Å². The highest BCUT2D eigenvalue weighted by Crippen LogP contribution is 2.01. The molecule has 0 amide bonds. The van der Waals surface area contributed by atoms with E-state index in [1.54, 1.807) is 18.6 Å². The summed E-state index contributed by atoms with van der Waals surface area (Å²) in [5.74, 6) is -0.358. The molecule has 0 radical (unpaired) electrons. The van der Waals surface area contributed by atoms with E-state index in [-0.39, 0.29) is 5.97 Å². The molecule has 0 atom stereocenters. The van der Waals surface area contributed by atoms with E-state index >= 15 is 0 Å². The molecule has 1 aromatic heterocycles. The highest BCUT2D eigenvalue weighted by molar-refractivity contribution is 5.86. The van der Waals surface area contributed by atoms with Crippen molar-refractivity contribution in [1.82, 2.24) is 9.55 Å². The first-order valence-corrected chi connectivity index (χ1v) is 4.04. The number of aromatic nitrogens is 2. The van der Waals surface area contributed by atoms with E-state index in [9.17, 15) is 4.79 Å². The van der Waals surface area contributed by atoms with Crippen molar-refractivity contribution in [2.75, 3.05) is 7.11 Å². The van der Waals surface area contributed by atoms with Crippen LogP contribution in [0.1, 0.15) is 12.6 Å². The Balaban J connectivity index is 2.73. The zero-order valence-electron chi connectivity index (χ0n) is 7.73. The monoisotopic (exact) mass is 180 g/mol. The molecule has 1 heterocycles. The van der Waals surface area contributed by atoms with Crippen LogP contribution in [-0.2, 0) is 16.1 Å². The molecular formula is C9H12N2O2. The lowest BCUT2D eigenvalue weighted by molar-refractivity contribution is -0.134. The second-order valence-corrected chi connectivity index (χ2v) is 2.46. The topological polar surface area (TPSA) is 44.1 Å². The zero-order valence-corrected chi connectivity index (χ0v) is 7.73. The maximum absolute atomic E-state index is 10.8. The molecule has 0 fully saturated rings. The van der Waals surface area contributed by atoms with Gasteiger partial charge in [0, 0.05) is 12.6 Å². The van der Waals surface area contributed by atoms with Gasteiger partial charge >= 0.3 is 5.97 Å². The minimum Gasteiger partial charge on any atom is -0.466 e. The normalized spacial score (nSPS) is 10.6. The van der Waals surface area contributed by atoms with E-state index in [4.69, 9.17) is 0 Å². The molecule has 0 aliphatic heterocycles. The van der Waals surface area contributed by atoms with Gasteiger partial charge < -0.3 is 9.30 Å². The number of imidazole rings is 1. The van der Waals surface area contributed by atoms with Gasteiger partial charge in [-0.3, -0.25) is 0 Å². The maximum Gasteiger partial charge on any atom is 0.330 e.